The average molecular weight is 272 g/mol. The van der Waals surface area contributed by atoms with Crippen molar-refractivity contribution in [2.45, 2.75) is 19.6 Å². The van der Waals surface area contributed by atoms with E-state index in [9.17, 15) is 4.39 Å². The molecule has 1 heterocycles. The summed E-state index contributed by atoms with van der Waals surface area (Å²) in [5, 5.41) is 0. The minimum absolute atomic E-state index is 0.228. The van der Waals surface area contributed by atoms with Crippen molar-refractivity contribution in [3.05, 3.63) is 58.9 Å². The van der Waals surface area contributed by atoms with Crippen LogP contribution in [0.2, 0.25) is 0 Å². The van der Waals surface area contributed by atoms with Crippen molar-refractivity contribution in [1.82, 2.24) is 4.90 Å². The van der Waals surface area contributed by atoms with Crippen LogP contribution in [-0.2, 0) is 19.6 Å². The zero-order valence-corrected chi connectivity index (χ0v) is 11.4. The third-order valence-electron chi connectivity index (χ3n) is 3.74. The van der Waals surface area contributed by atoms with Crippen LogP contribution >= 0.6 is 0 Å². The van der Waals surface area contributed by atoms with Gasteiger partial charge in [-0.15, -0.1) is 0 Å². The quantitative estimate of drug-likeness (QED) is 0.873. The zero-order chi connectivity index (χ0) is 14.1. The van der Waals surface area contributed by atoms with Crippen LogP contribution in [-0.4, -0.2) is 12.0 Å². The van der Waals surface area contributed by atoms with E-state index in [-0.39, 0.29) is 5.82 Å². The van der Waals surface area contributed by atoms with Crippen LogP contribution in [0.25, 0.3) is 0 Å². The van der Waals surface area contributed by atoms with Crippen LogP contribution in [0.4, 0.5) is 10.1 Å². The SMILES string of the molecule is COc1ccc(CN2Cc3cccc(N)c3C2)c(F)c1. The molecule has 0 spiro atoms. The molecule has 0 aliphatic carbocycles. The van der Waals surface area contributed by atoms with E-state index in [1.807, 2.05) is 12.1 Å². The number of rotatable bonds is 3. The highest BCUT2D eigenvalue weighted by atomic mass is 19.1. The summed E-state index contributed by atoms with van der Waals surface area (Å²) in [7, 11) is 1.54. The molecule has 4 heteroatoms. The van der Waals surface area contributed by atoms with E-state index in [4.69, 9.17) is 10.5 Å². The minimum atomic E-state index is -0.228. The molecule has 104 valence electrons. The van der Waals surface area contributed by atoms with Gasteiger partial charge in [-0.3, -0.25) is 4.90 Å². The second kappa shape index (κ2) is 5.13. The molecule has 1 aliphatic rings. The van der Waals surface area contributed by atoms with Gasteiger partial charge in [0.1, 0.15) is 11.6 Å². The van der Waals surface area contributed by atoms with Gasteiger partial charge in [0.05, 0.1) is 7.11 Å². The van der Waals surface area contributed by atoms with Gasteiger partial charge in [-0.25, -0.2) is 4.39 Å². The summed E-state index contributed by atoms with van der Waals surface area (Å²) in [6, 6.07) is 10.9. The van der Waals surface area contributed by atoms with E-state index < -0.39 is 0 Å². The Kier molecular flexibility index (Phi) is 3.32. The number of hydrogen-bond acceptors (Lipinski definition) is 3. The smallest absolute Gasteiger partial charge is 0.131 e. The maximum absolute atomic E-state index is 14.0. The van der Waals surface area contributed by atoms with Crippen LogP contribution in [0.15, 0.2) is 36.4 Å². The van der Waals surface area contributed by atoms with Crippen LogP contribution in [0.3, 0.4) is 0 Å². The number of nitrogen functional groups attached to an aromatic ring is 1. The molecule has 0 fully saturated rings. The molecule has 2 N–H and O–H groups in total. The van der Waals surface area contributed by atoms with E-state index in [0.717, 1.165) is 18.8 Å². The summed E-state index contributed by atoms with van der Waals surface area (Å²) in [6.07, 6.45) is 0. The first kappa shape index (κ1) is 12.9. The molecule has 1 aliphatic heterocycles. The number of anilines is 1. The molecule has 3 nitrogen and oxygen atoms in total. The van der Waals surface area contributed by atoms with E-state index >= 15 is 0 Å². The molecule has 0 saturated heterocycles. The number of methoxy groups -OCH3 is 1. The molecular formula is C16H17FN2O. The minimum Gasteiger partial charge on any atom is -0.497 e. The van der Waals surface area contributed by atoms with Gasteiger partial charge in [-0.1, -0.05) is 18.2 Å². The first-order valence-corrected chi connectivity index (χ1v) is 6.58. The lowest BCUT2D eigenvalue weighted by Gasteiger charge is -2.15. The van der Waals surface area contributed by atoms with Crippen molar-refractivity contribution in [3.8, 4) is 5.75 Å². The average Bonchev–Trinajstić information content (AvgIpc) is 2.85. The van der Waals surface area contributed by atoms with Gasteiger partial charge < -0.3 is 10.5 Å². The van der Waals surface area contributed by atoms with E-state index in [0.29, 0.717) is 17.9 Å². The second-order valence-corrected chi connectivity index (χ2v) is 5.09. The Labute approximate surface area is 117 Å². The number of nitrogens with zero attached hydrogens (tertiary/aromatic N) is 1. The van der Waals surface area contributed by atoms with Gasteiger partial charge in [0.2, 0.25) is 0 Å². The summed E-state index contributed by atoms with van der Waals surface area (Å²) in [6.45, 7) is 2.16. The fourth-order valence-corrected chi connectivity index (χ4v) is 2.65. The van der Waals surface area contributed by atoms with Gasteiger partial charge in [0.15, 0.2) is 0 Å². The first-order valence-electron chi connectivity index (χ1n) is 6.58. The molecule has 0 atom stereocenters. The summed E-state index contributed by atoms with van der Waals surface area (Å²) < 4.78 is 19.0. The van der Waals surface area contributed by atoms with Gasteiger partial charge in [-0.2, -0.15) is 0 Å². The summed E-state index contributed by atoms with van der Waals surface area (Å²) >= 11 is 0. The van der Waals surface area contributed by atoms with Crippen LogP contribution in [0.5, 0.6) is 5.75 Å². The molecule has 0 amide bonds. The lowest BCUT2D eigenvalue weighted by atomic mass is 10.1. The number of halogens is 1. The number of ether oxygens (including phenoxy) is 1. The van der Waals surface area contributed by atoms with E-state index in [1.165, 1.54) is 24.3 Å². The van der Waals surface area contributed by atoms with Crippen molar-refractivity contribution in [2.24, 2.45) is 0 Å². The molecule has 0 radical (unpaired) electrons. The molecule has 0 bridgehead atoms. The molecule has 0 aromatic heterocycles. The van der Waals surface area contributed by atoms with Gasteiger partial charge in [0, 0.05) is 37.0 Å². The number of hydrogen-bond donors (Lipinski definition) is 1. The number of benzene rings is 2. The Morgan fingerprint density at radius 1 is 1.25 bits per heavy atom. The molecule has 2 aromatic carbocycles. The predicted molar refractivity (Wildman–Crippen MR) is 76.8 cm³/mol. The Balaban J connectivity index is 1.76. The van der Waals surface area contributed by atoms with Crippen LogP contribution < -0.4 is 10.5 Å². The molecular weight excluding hydrogens is 255 g/mol. The third kappa shape index (κ3) is 2.34. The highest BCUT2D eigenvalue weighted by molar-refractivity contribution is 5.52. The van der Waals surface area contributed by atoms with Crippen molar-refractivity contribution in [2.75, 3.05) is 12.8 Å². The summed E-state index contributed by atoms with van der Waals surface area (Å²) in [5.41, 5.74) is 9.88. The fourth-order valence-electron chi connectivity index (χ4n) is 2.65. The Hall–Kier alpha value is -2.07. The summed E-state index contributed by atoms with van der Waals surface area (Å²) in [5.74, 6) is 0.313. The van der Waals surface area contributed by atoms with Gasteiger partial charge >= 0.3 is 0 Å². The Morgan fingerprint density at radius 3 is 2.80 bits per heavy atom. The lowest BCUT2D eigenvalue weighted by Crippen LogP contribution is -2.16. The topological polar surface area (TPSA) is 38.5 Å². The highest BCUT2D eigenvalue weighted by Gasteiger charge is 2.21. The largest absolute Gasteiger partial charge is 0.497 e. The Morgan fingerprint density at radius 2 is 2.10 bits per heavy atom. The molecule has 0 saturated carbocycles. The molecule has 20 heavy (non-hydrogen) atoms. The van der Waals surface area contributed by atoms with Crippen molar-refractivity contribution in [3.63, 3.8) is 0 Å². The van der Waals surface area contributed by atoms with Gasteiger partial charge in [0.25, 0.3) is 0 Å². The maximum Gasteiger partial charge on any atom is 0.131 e. The van der Waals surface area contributed by atoms with Crippen LogP contribution in [0, 0.1) is 5.82 Å². The van der Waals surface area contributed by atoms with E-state index in [1.54, 1.807) is 12.1 Å². The maximum atomic E-state index is 14.0. The molecule has 3 rings (SSSR count). The van der Waals surface area contributed by atoms with Crippen LogP contribution in [0.1, 0.15) is 16.7 Å². The number of fused-ring (bicyclic) bond motifs is 1. The predicted octanol–water partition coefficient (Wildman–Crippen LogP) is 2.93. The highest BCUT2D eigenvalue weighted by Crippen LogP contribution is 2.29. The second-order valence-electron chi connectivity index (χ2n) is 5.09. The molecule has 2 aromatic rings. The Bertz CT molecular complexity index is 642. The number of nitrogens with two attached hydrogens (primary N) is 1. The fraction of sp³-hybridized carbons (Fsp3) is 0.250. The third-order valence-corrected chi connectivity index (χ3v) is 3.74. The monoisotopic (exact) mass is 272 g/mol. The van der Waals surface area contributed by atoms with Crippen molar-refractivity contribution >= 4 is 5.69 Å². The van der Waals surface area contributed by atoms with Gasteiger partial charge in [-0.05, 0) is 23.3 Å². The van der Waals surface area contributed by atoms with Crippen molar-refractivity contribution in [1.29, 1.82) is 0 Å². The van der Waals surface area contributed by atoms with Crippen molar-refractivity contribution < 1.29 is 9.13 Å². The van der Waals surface area contributed by atoms with E-state index in [2.05, 4.69) is 11.0 Å². The standard InChI is InChI=1S/C16H17FN2O/c1-20-13-6-5-12(15(17)7-13)9-19-8-11-3-2-4-16(18)14(11)10-19/h2-7H,8-10,18H2,1H3. The molecule has 0 unspecified atom stereocenters. The first-order chi connectivity index (χ1) is 9.67. The zero-order valence-electron chi connectivity index (χ0n) is 11.4. The normalized spacial score (nSPS) is 14.3. The lowest BCUT2D eigenvalue weighted by molar-refractivity contribution is 0.271. The summed E-state index contributed by atoms with van der Waals surface area (Å²) in [4.78, 5) is 2.19.